The van der Waals surface area contributed by atoms with Crippen LogP contribution < -0.4 is 0 Å². The third-order valence-electron chi connectivity index (χ3n) is 0. The first-order chi connectivity index (χ1) is 2.00. The van der Waals surface area contributed by atoms with Crippen molar-refractivity contribution in [2.75, 3.05) is 0 Å². The van der Waals surface area contributed by atoms with Crippen LogP contribution in [0.4, 0.5) is 0 Å². The Hall–Kier alpha value is 0.570. The largest absolute Gasteiger partial charge is 0.412 e. The Kier molecular flexibility index (Phi) is 10.6. The first kappa shape index (κ1) is 15.6. The van der Waals surface area contributed by atoms with Crippen LogP contribution in [0.1, 0.15) is 0 Å². The molecule has 0 aromatic rings. The van der Waals surface area contributed by atoms with Gasteiger partial charge >= 0.3 is 10.4 Å². The van der Waals surface area contributed by atoms with Gasteiger partial charge < -0.3 is 5.48 Å². The van der Waals surface area contributed by atoms with E-state index in [9.17, 15) is 0 Å². The summed E-state index contributed by atoms with van der Waals surface area (Å²) >= 11 is 0. The second-order valence-corrected chi connectivity index (χ2v) is 1.34. The molecule has 0 bridgehead atoms. The maximum Gasteiger partial charge on any atom is 0.394 e. The van der Waals surface area contributed by atoms with Crippen molar-refractivity contribution in [3.05, 3.63) is 0 Å². The molecule has 0 aliphatic carbocycles. The van der Waals surface area contributed by atoms with Gasteiger partial charge in [0.05, 0.1) is 0 Å². The number of rotatable bonds is 0. The van der Waals surface area contributed by atoms with E-state index in [1.807, 2.05) is 0 Å². The van der Waals surface area contributed by atoms with E-state index in [-0.39, 0.29) is 27.9 Å². The second-order valence-electron chi connectivity index (χ2n) is 0.448. The average molecular weight is 209 g/mol. The van der Waals surface area contributed by atoms with Crippen molar-refractivity contribution < 1.29 is 45.4 Å². The van der Waals surface area contributed by atoms with E-state index >= 15 is 0 Å². The Morgan fingerprint density at radius 1 is 1.14 bits per heavy atom. The summed E-state index contributed by atoms with van der Waals surface area (Å²) in [6.07, 6.45) is 0. The Labute approximate surface area is 56.1 Å². The monoisotopic (exact) mass is 209 g/mol. The fourth-order valence-electron chi connectivity index (χ4n) is 0. The van der Waals surface area contributed by atoms with E-state index in [0.717, 1.165) is 0 Å². The zero-order chi connectivity index (χ0) is 4.50. The molecule has 0 saturated carbocycles. The summed E-state index contributed by atoms with van der Waals surface area (Å²) in [6, 6.07) is 0. The van der Waals surface area contributed by atoms with Crippen LogP contribution in [-0.4, -0.2) is 23.0 Å². The Balaban J connectivity index is -0.0000000800. The summed E-state index contributed by atoms with van der Waals surface area (Å²) in [5.74, 6) is 0. The molecule has 7 heteroatoms. The molecule has 0 amide bonds. The van der Waals surface area contributed by atoms with Gasteiger partial charge in [0, 0.05) is 22.4 Å². The van der Waals surface area contributed by atoms with Crippen LogP contribution in [0.3, 0.4) is 0 Å². The first-order valence-electron chi connectivity index (χ1n) is 0.698. The third-order valence-corrected chi connectivity index (χ3v) is 0. The molecule has 7 heavy (non-hydrogen) atoms. The molecule has 5 nitrogen and oxygen atoms in total. The van der Waals surface area contributed by atoms with E-state index in [1.165, 1.54) is 0 Å². The molecule has 0 aliphatic rings. The SMILES string of the molecule is O.O=S(=O)(O)O.[Nb]. The van der Waals surface area contributed by atoms with Gasteiger partial charge in [-0.3, -0.25) is 9.11 Å². The topological polar surface area (TPSA) is 106 Å². The molecule has 0 saturated heterocycles. The molecular formula is H4NbO5S. The Bertz CT molecular complexity index is 91.2. The first-order valence-corrected chi connectivity index (χ1v) is 2.10. The summed E-state index contributed by atoms with van der Waals surface area (Å²) in [5.41, 5.74) is 0. The van der Waals surface area contributed by atoms with Crippen LogP contribution in [0.2, 0.25) is 0 Å². The summed E-state index contributed by atoms with van der Waals surface area (Å²) in [4.78, 5) is 0. The zero-order valence-corrected chi connectivity index (χ0v) is 6.08. The van der Waals surface area contributed by atoms with E-state index in [1.54, 1.807) is 0 Å². The molecule has 0 spiro atoms. The van der Waals surface area contributed by atoms with Crippen LogP contribution in [0.15, 0.2) is 0 Å². The fourth-order valence-corrected chi connectivity index (χ4v) is 0. The van der Waals surface area contributed by atoms with Gasteiger partial charge in [0.1, 0.15) is 0 Å². The summed E-state index contributed by atoms with van der Waals surface area (Å²) < 4.78 is 31.6. The normalized spacial score (nSPS) is 8.29. The maximum absolute atomic E-state index is 8.74. The summed E-state index contributed by atoms with van der Waals surface area (Å²) in [6.45, 7) is 0. The van der Waals surface area contributed by atoms with Crippen molar-refractivity contribution in [1.29, 1.82) is 0 Å². The molecule has 0 aromatic heterocycles. The predicted molar refractivity (Wildman–Crippen MR) is 17.8 cm³/mol. The molecule has 0 aliphatic heterocycles. The van der Waals surface area contributed by atoms with Gasteiger partial charge in [-0.2, -0.15) is 8.42 Å². The van der Waals surface area contributed by atoms with Gasteiger partial charge in [0.2, 0.25) is 0 Å². The van der Waals surface area contributed by atoms with Gasteiger partial charge in [0.15, 0.2) is 0 Å². The molecule has 0 rings (SSSR count). The van der Waals surface area contributed by atoms with Crippen LogP contribution in [0.25, 0.3) is 0 Å². The molecule has 0 atom stereocenters. The van der Waals surface area contributed by atoms with E-state index in [0.29, 0.717) is 0 Å². The molecule has 0 fully saturated rings. The van der Waals surface area contributed by atoms with Crippen LogP contribution >= 0.6 is 0 Å². The standard InChI is InChI=1S/Nb.H2O4S.H2O/c;1-5(2,3)4;/h;(H2,1,2,3,4);1H2. The van der Waals surface area contributed by atoms with Gasteiger partial charge in [-0.25, -0.2) is 0 Å². The average Bonchev–Trinajstić information content (AvgIpc) is 0.722. The molecule has 0 unspecified atom stereocenters. The van der Waals surface area contributed by atoms with Crippen molar-refractivity contribution in [3.8, 4) is 0 Å². The molecule has 0 aromatic carbocycles. The summed E-state index contributed by atoms with van der Waals surface area (Å²) in [5, 5.41) is 0. The number of hydrogen-bond donors (Lipinski definition) is 2. The molecule has 1 radical (unpaired) electrons. The smallest absolute Gasteiger partial charge is 0.394 e. The minimum atomic E-state index is -4.67. The van der Waals surface area contributed by atoms with Crippen LogP contribution in [-0.2, 0) is 32.8 Å². The fraction of sp³-hybridized carbons (Fsp3) is 0. The van der Waals surface area contributed by atoms with Crippen molar-refractivity contribution >= 4 is 10.4 Å². The molecule has 45 valence electrons. The van der Waals surface area contributed by atoms with E-state index in [4.69, 9.17) is 17.5 Å². The van der Waals surface area contributed by atoms with Crippen molar-refractivity contribution in [3.63, 3.8) is 0 Å². The Morgan fingerprint density at radius 3 is 1.14 bits per heavy atom. The van der Waals surface area contributed by atoms with Gasteiger partial charge in [-0.05, 0) is 0 Å². The minimum Gasteiger partial charge on any atom is -0.412 e. The summed E-state index contributed by atoms with van der Waals surface area (Å²) in [7, 11) is -4.67. The van der Waals surface area contributed by atoms with Gasteiger partial charge in [-0.15, -0.1) is 0 Å². The van der Waals surface area contributed by atoms with Crippen LogP contribution in [0, 0.1) is 0 Å². The maximum atomic E-state index is 8.74. The van der Waals surface area contributed by atoms with E-state index in [2.05, 4.69) is 0 Å². The molecule has 4 N–H and O–H groups in total. The third kappa shape index (κ3) is 422. The minimum absolute atomic E-state index is 0. The number of hydrogen-bond acceptors (Lipinski definition) is 2. The van der Waals surface area contributed by atoms with Crippen molar-refractivity contribution in [2.45, 2.75) is 0 Å². The van der Waals surface area contributed by atoms with Crippen LogP contribution in [0.5, 0.6) is 0 Å². The second kappa shape index (κ2) is 4.72. The van der Waals surface area contributed by atoms with Gasteiger partial charge in [-0.1, -0.05) is 0 Å². The molecule has 0 heterocycles. The Morgan fingerprint density at radius 2 is 1.14 bits per heavy atom. The van der Waals surface area contributed by atoms with Gasteiger partial charge in [0.25, 0.3) is 0 Å². The van der Waals surface area contributed by atoms with Crippen molar-refractivity contribution in [2.24, 2.45) is 0 Å². The zero-order valence-electron chi connectivity index (χ0n) is 3.07. The van der Waals surface area contributed by atoms with Crippen molar-refractivity contribution in [1.82, 2.24) is 0 Å². The quantitative estimate of drug-likeness (QED) is 0.374. The predicted octanol–water partition coefficient (Wildman–Crippen LogP) is -1.48. The van der Waals surface area contributed by atoms with E-state index < -0.39 is 10.4 Å². The molecular weight excluding hydrogens is 205 g/mol.